The van der Waals surface area contributed by atoms with E-state index in [0.29, 0.717) is 5.41 Å². The lowest BCUT2D eigenvalue weighted by Gasteiger charge is -2.36. The molecule has 0 saturated heterocycles. The van der Waals surface area contributed by atoms with Crippen LogP contribution in [0.15, 0.2) is 0 Å². The number of aliphatic hydroxyl groups is 1. The number of hydrogen-bond acceptors (Lipinski definition) is 3. The molecule has 1 rings (SSSR count). The molecule has 112 valence electrons. The van der Waals surface area contributed by atoms with Crippen molar-refractivity contribution >= 4 is 5.91 Å². The number of methoxy groups -OCH3 is 1. The van der Waals surface area contributed by atoms with Gasteiger partial charge in [0.1, 0.15) is 0 Å². The Kier molecular flexibility index (Phi) is 6.27. The molecule has 1 atom stereocenters. The van der Waals surface area contributed by atoms with E-state index in [1.807, 2.05) is 0 Å². The van der Waals surface area contributed by atoms with E-state index < -0.39 is 6.10 Å². The summed E-state index contributed by atoms with van der Waals surface area (Å²) in [6, 6.07) is 0. The van der Waals surface area contributed by atoms with Crippen molar-refractivity contribution in [2.24, 2.45) is 17.3 Å². The van der Waals surface area contributed by atoms with Gasteiger partial charge >= 0.3 is 0 Å². The zero-order valence-electron chi connectivity index (χ0n) is 12.7. The monoisotopic (exact) mass is 271 g/mol. The predicted octanol–water partition coefficient (Wildman–Crippen LogP) is 1.96. The molecular weight excluding hydrogens is 242 g/mol. The zero-order valence-corrected chi connectivity index (χ0v) is 12.7. The van der Waals surface area contributed by atoms with Gasteiger partial charge in [0.2, 0.25) is 5.91 Å². The minimum Gasteiger partial charge on any atom is -0.389 e. The zero-order chi connectivity index (χ0) is 14.5. The van der Waals surface area contributed by atoms with Gasteiger partial charge in [-0.2, -0.15) is 0 Å². The second kappa shape index (κ2) is 7.25. The highest BCUT2D eigenvalue weighted by Gasteiger charge is 2.32. The molecule has 0 aliphatic heterocycles. The first-order valence-corrected chi connectivity index (χ1v) is 7.29. The Morgan fingerprint density at radius 3 is 2.37 bits per heavy atom. The SMILES string of the molecule is COCC(O)CNC(=O)C1CCC(C(C)(C)C)CC1. The molecule has 0 spiro atoms. The summed E-state index contributed by atoms with van der Waals surface area (Å²) < 4.78 is 4.83. The third-order valence-corrected chi connectivity index (χ3v) is 4.19. The summed E-state index contributed by atoms with van der Waals surface area (Å²) in [4.78, 5) is 12.0. The Balaban J connectivity index is 2.29. The minimum atomic E-state index is -0.611. The molecule has 0 aromatic heterocycles. The van der Waals surface area contributed by atoms with E-state index >= 15 is 0 Å². The van der Waals surface area contributed by atoms with Crippen LogP contribution in [0.5, 0.6) is 0 Å². The molecule has 4 nitrogen and oxygen atoms in total. The van der Waals surface area contributed by atoms with Gasteiger partial charge < -0.3 is 15.2 Å². The van der Waals surface area contributed by atoms with E-state index in [2.05, 4.69) is 26.1 Å². The molecule has 0 bridgehead atoms. The maximum atomic E-state index is 12.0. The van der Waals surface area contributed by atoms with Crippen LogP contribution in [0.4, 0.5) is 0 Å². The van der Waals surface area contributed by atoms with Crippen molar-refractivity contribution in [1.82, 2.24) is 5.32 Å². The molecule has 0 heterocycles. The van der Waals surface area contributed by atoms with E-state index in [1.54, 1.807) is 7.11 Å². The minimum absolute atomic E-state index is 0.0857. The average molecular weight is 271 g/mol. The Hall–Kier alpha value is -0.610. The number of hydrogen-bond donors (Lipinski definition) is 2. The smallest absolute Gasteiger partial charge is 0.223 e. The van der Waals surface area contributed by atoms with Crippen molar-refractivity contribution in [2.75, 3.05) is 20.3 Å². The Morgan fingerprint density at radius 1 is 1.32 bits per heavy atom. The first-order valence-electron chi connectivity index (χ1n) is 7.29. The van der Waals surface area contributed by atoms with Crippen molar-refractivity contribution in [3.05, 3.63) is 0 Å². The lowest BCUT2D eigenvalue weighted by molar-refractivity contribution is -0.127. The van der Waals surface area contributed by atoms with E-state index in [1.165, 1.54) is 0 Å². The first kappa shape index (κ1) is 16.4. The molecule has 0 radical (unpaired) electrons. The van der Waals surface area contributed by atoms with Crippen LogP contribution in [0.25, 0.3) is 0 Å². The molecule has 1 aliphatic rings. The fourth-order valence-corrected chi connectivity index (χ4v) is 2.84. The quantitative estimate of drug-likeness (QED) is 0.803. The number of rotatable bonds is 5. The summed E-state index contributed by atoms with van der Waals surface area (Å²) in [7, 11) is 1.54. The lowest BCUT2D eigenvalue weighted by Crippen LogP contribution is -2.39. The average Bonchev–Trinajstić information content (AvgIpc) is 2.35. The molecule has 0 aromatic rings. The Bertz CT molecular complexity index is 278. The van der Waals surface area contributed by atoms with Crippen LogP contribution in [0.2, 0.25) is 0 Å². The van der Waals surface area contributed by atoms with E-state index in [4.69, 9.17) is 4.74 Å². The molecule has 19 heavy (non-hydrogen) atoms. The molecule has 1 unspecified atom stereocenters. The molecule has 1 aliphatic carbocycles. The largest absolute Gasteiger partial charge is 0.389 e. The number of nitrogens with one attached hydrogen (secondary N) is 1. The molecule has 1 fully saturated rings. The van der Waals surface area contributed by atoms with Crippen molar-refractivity contribution in [3.63, 3.8) is 0 Å². The van der Waals surface area contributed by atoms with Gasteiger partial charge in [-0.3, -0.25) is 4.79 Å². The fourth-order valence-electron chi connectivity index (χ4n) is 2.84. The molecular formula is C15H29NO3. The van der Waals surface area contributed by atoms with E-state index in [9.17, 15) is 9.90 Å². The number of aliphatic hydroxyl groups excluding tert-OH is 1. The van der Waals surface area contributed by atoms with Crippen LogP contribution in [-0.4, -0.2) is 37.4 Å². The standard InChI is InChI=1S/C15H29NO3/c1-15(2,3)12-7-5-11(6-8-12)14(18)16-9-13(17)10-19-4/h11-13,17H,5-10H2,1-4H3,(H,16,18). The van der Waals surface area contributed by atoms with Crippen molar-refractivity contribution in [3.8, 4) is 0 Å². The molecule has 2 N–H and O–H groups in total. The first-order chi connectivity index (χ1) is 8.84. The molecule has 0 aromatic carbocycles. The van der Waals surface area contributed by atoms with Gasteiger partial charge in [0.25, 0.3) is 0 Å². The van der Waals surface area contributed by atoms with Gasteiger partial charge in [-0.1, -0.05) is 20.8 Å². The van der Waals surface area contributed by atoms with Gasteiger partial charge in [-0.25, -0.2) is 0 Å². The molecule has 1 amide bonds. The Labute approximate surface area is 116 Å². The molecule has 4 heteroatoms. The second-order valence-corrected chi connectivity index (χ2v) is 6.77. The van der Waals surface area contributed by atoms with E-state index in [-0.39, 0.29) is 25.0 Å². The van der Waals surface area contributed by atoms with Gasteiger partial charge in [0, 0.05) is 19.6 Å². The third kappa shape index (κ3) is 5.49. The highest BCUT2D eigenvalue weighted by Crippen LogP contribution is 2.39. The lowest BCUT2D eigenvalue weighted by atomic mass is 9.69. The van der Waals surface area contributed by atoms with Gasteiger partial charge in [0.15, 0.2) is 0 Å². The fraction of sp³-hybridized carbons (Fsp3) is 0.933. The summed E-state index contributed by atoms with van der Waals surface area (Å²) in [5, 5.41) is 12.3. The summed E-state index contributed by atoms with van der Waals surface area (Å²) in [5.74, 6) is 0.923. The van der Waals surface area contributed by atoms with Crippen LogP contribution in [0.1, 0.15) is 46.5 Å². The van der Waals surface area contributed by atoms with Crippen molar-refractivity contribution in [1.29, 1.82) is 0 Å². The maximum Gasteiger partial charge on any atom is 0.223 e. The van der Waals surface area contributed by atoms with Crippen LogP contribution in [-0.2, 0) is 9.53 Å². The van der Waals surface area contributed by atoms with E-state index in [0.717, 1.165) is 31.6 Å². The highest BCUT2D eigenvalue weighted by atomic mass is 16.5. The highest BCUT2D eigenvalue weighted by molar-refractivity contribution is 5.78. The number of ether oxygens (including phenoxy) is 1. The molecule has 1 saturated carbocycles. The summed E-state index contributed by atoms with van der Waals surface area (Å²) in [6.45, 7) is 7.38. The van der Waals surface area contributed by atoms with Crippen LogP contribution >= 0.6 is 0 Å². The number of carbonyl (C=O) groups is 1. The second-order valence-electron chi connectivity index (χ2n) is 6.77. The summed E-state index contributed by atoms with van der Waals surface area (Å²) in [5.41, 5.74) is 0.343. The Morgan fingerprint density at radius 2 is 1.89 bits per heavy atom. The van der Waals surface area contributed by atoms with Crippen molar-refractivity contribution in [2.45, 2.75) is 52.6 Å². The van der Waals surface area contributed by atoms with Crippen LogP contribution < -0.4 is 5.32 Å². The normalized spacial score (nSPS) is 25.9. The maximum absolute atomic E-state index is 12.0. The topological polar surface area (TPSA) is 58.6 Å². The van der Waals surface area contributed by atoms with Gasteiger partial charge in [-0.15, -0.1) is 0 Å². The summed E-state index contributed by atoms with van der Waals surface area (Å²) >= 11 is 0. The number of amides is 1. The number of carbonyl (C=O) groups excluding carboxylic acids is 1. The third-order valence-electron chi connectivity index (χ3n) is 4.19. The van der Waals surface area contributed by atoms with Gasteiger partial charge in [0.05, 0.1) is 12.7 Å². The van der Waals surface area contributed by atoms with Crippen LogP contribution in [0, 0.1) is 17.3 Å². The van der Waals surface area contributed by atoms with Gasteiger partial charge in [-0.05, 0) is 37.0 Å². The summed E-state index contributed by atoms with van der Waals surface area (Å²) in [6.07, 6.45) is 3.58. The van der Waals surface area contributed by atoms with Crippen LogP contribution in [0.3, 0.4) is 0 Å². The van der Waals surface area contributed by atoms with Crippen molar-refractivity contribution < 1.29 is 14.6 Å². The predicted molar refractivity (Wildman–Crippen MR) is 75.8 cm³/mol.